The van der Waals surface area contributed by atoms with Crippen LogP contribution in [-0.2, 0) is 6.42 Å². The molecule has 1 aliphatic heterocycles. The second kappa shape index (κ2) is 5.29. The predicted octanol–water partition coefficient (Wildman–Crippen LogP) is 1.72. The summed E-state index contributed by atoms with van der Waals surface area (Å²) in [6.45, 7) is 8.68. The highest BCUT2D eigenvalue weighted by Crippen LogP contribution is 2.24. The number of nitrogens with zero attached hydrogens (tertiary/aromatic N) is 2. The minimum Gasteiger partial charge on any atom is -0.369 e. The van der Waals surface area contributed by atoms with Gasteiger partial charge < -0.3 is 15.5 Å². The first-order valence-electron chi connectivity index (χ1n) is 6.76. The summed E-state index contributed by atoms with van der Waals surface area (Å²) in [7, 11) is 2.19. The van der Waals surface area contributed by atoms with E-state index in [1.54, 1.807) is 0 Å². The minimum absolute atomic E-state index is 0.150. The van der Waals surface area contributed by atoms with E-state index in [-0.39, 0.29) is 5.54 Å². The van der Waals surface area contributed by atoms with Crippen LogP contribution in [0.3, 0.4) is 0 Å². The number of likely N-dealkylation sites (N-methyl/N-ethyl adjacent to an activating group) is 1. The molecule has 0 saturated carbocycles. The van der Waals surface area contributed by atoms with Crippen molar-refractivity contribution in [3.05, 3.63) is 29.8 Å². The van der Waals surface area contributed by atoms with Crippen molar-refractivity contribution >= 4 is 5.69 Å². The van der Waals surface area contributed by atoms with E-state index in [0.29, 0.717) is 0 Å². The van der Waals surface area contributed by atoms with Crippen LogP contribution in [0.2, 0.25) is 0 Å². The van der Waals surface area contributed by atoms with Crippen LogP contribution in [0.15, 0.2) is 24.3 Å². The van der Waals surface area contributed by atoms with Crippen molar-refractivity contribution in [1.82, 2.24) is 4.90 Å². The Morgan fingerprint density at radius 2 is 1.72 bits per heavy atom. The number of rotatable bonds is 3. The Hall–Kier alpha value is -1.06. The highest BCUT2D eigenvalue weighted by Gasteiger charge is 2.19. The van der Waals surface area contributed by atoms with Crippen molar-refractivity contribution in [2.75, 3.05) is 38.1 Å². The fourth-order valence-electron chi connectivity index (χ4n) is 2.51. The lowest BCUT2D eigenvalue weighted by Crippen LogP contribution is -2.45. The summed E-state index contributed by atoms with van der Waals surface area (Å²) in [5.74, 6) is 0. The van der Waals surface area contributed by atoms with E-state index in [2.05, 4.69) is 55.0 Å². The molecule has 0 aliphatic carbocycles. The topological polar surface area (TPSA) is 32.5 Å². The van der Waals surface area contributed by atoms with Crippen LogP contribution in [0, 0.1) is 0 Å². The molecule has 1 aliphatic rings. The van der Waals surface area contributed by atoms with E-state index in [4.69, 9.17) is 5.73 Å². The van der Waals surface area contributed by atoms with E-state index in [0.717, 1.165) is 32.6 Å². The third-order valence-corrected chi connectivity index (χ3v) is 3.48. The van der Waals surface area contributed by atoms with Gasteiger partial charge in [0.1, 0.15) is 0 Å². The molecule has 1 aromatic rings. The van der Waals surface area contributed by atoms with Crippen molar-refractivity contribution in [2.24, 2.45) is 5.73 Å². The Balaban J connectivity index is 2.17. The van der Waals surface area contributed by atoms with Gasteiger partial charge in [-0.05, 0) is 38.9 Å². The summed E-state index contributed by atoms with van der Waals surface area (Å²) >= 11 is 0. The highest BCUT2D eigenvalue weighted by atomic mass is 15.2. The number of para-hydroxylation sites is 1. The van der Waals surface area contributed by atoms with E-state index in [1.807, 2.05) is 0 Å². The lowest BCUT2D eigenvalue weighted by molar-refractivity contribution is 0.312. The van der Waals surface area contributed by atoms with Crippen LogP contribution in [0.5, 0.6) is 0 Å². The molecule has 0 amide bonds. The molecule has 100 valence electrons. The molecule has 0 unspecified atom stereocenters. The fraction of sp³-hybridized carbons (Fsp3) is 0.600. The SMILES string of the molecule is CN1CCN(c2ccccc2CC(C)(C)N)CC1. The maximum Gasteiger partial charge on any atom is 0.0400 e. The Morgan fingerprint density at radius 1 is 1.11 bits per heavy atom. The zero-order valence-electron chi connectivity index (χ0n) is 11.8. The monoisotopic (exact) mass is 247 g/mol. The zero-order chi connectivity index (χ0) is 13.2. The molecule has 1 fully saturated rings. The van der Waals surface area contributed by atoms with Gasteiger partial charge in [-0.2, -0.15) is 0 Å². The van der Waals surface area contributed by atoms with E-state index in [1.165, 1.54) is 11.3 Å². The second-order valence-corrected chi connectivity index (χ2v) is 6.08. The maximum absolute atomic E-state index is 6.16. The van der Waals surface area contributed by atoms with Gasteiger partial charge >= 0.3 is 0 Å². The van der Waals surface area contributed by atoms with Crippen molar-refractivity contribution in [3.63, 3.8) is 0 Å². The minimum atomic E-state index is -0.150. The van der Waals surface area contributed by atoms with Crippen molar-refractivity contribution in [2.45, 2.75) is 25.8 Å². The molecule has 2 rings (SSSR count). The summed E-state index contributed by atoms with van der Waals surface area (Å²) in [5, 5.41) is 0. The largest absolute Gasteiger partial charge is 0.369 e. The molecule has 1 saturated heterocycles. The summed E-state index contributed by atoms with van der Waals surface area (Å²) in [5.41, 5.74) is 8.75. The van der Waals surface area contributed by atoms with Crippen LogP contribution in [-0.4, -0.2) is 43.7 Å². The third kappa shape index (κ3) is 3.47. The first kappa shape index (κ1) is 13.4. The van der Waals surface area contributed by atoms with Crippen molar-refractivity contribution in [1.29, 1.82) is 0 Å². The molecule has 2 N–H and O–H groups in total. The van der Waals surface area contributed by atoms with Gasteiger partial charge in [0.2, 0.25) is 0 Å². The van der Waals surface area contributed by atoms with Gasteiger partial charge in [0.15, 0.2) is 0 Å². The van der Waals surface area contributed by atoms with Gasteiger partial charge in [-0.1, -0.05) is 18.2 Å². The Bertz CT molecular complexity index is 387. The standard InChI is InChI=1S/C15H25N3/c1-15(2,16)12-13-6-4-5-7-14(13)18-10-8-17(3)9-11-18/h4-7H,8-12,16H2,1-3H3. The molecule has 18 heavy (non-hydrogen) atoms. The molecule has 0 atom stereocenters. The molecule has 1 heterocycles. The van der Waals surface area contributed by atoms with Crippen LogP contribution in [0.1, 0.15) is 19.4 Å². The molecule has 1 aromatic carbocycles. The number of benzene rings is 1. The Morgan fingerprint density at radius 3 is 2.33 bits per heavy atom. The number of anilines is 1. The van der Waals surface area contributed by atoms with E-state index in [9.17, 15) is 0 Å². The van der Waals surface area contributed by atoms with E-state index < -0.39 is 0 Å². The van der Waals surface area contributed by atoms with Crippen LogP contribution < -0.4 is 10.6 Å². The van der Waals surface area contributed by atoms with Gasteiger partial charge in [0, 0.05) is 37.4 Å². The lowest BCUT2D eigenvalue weighted by Gasteiger charge is -2.36. The van der Waals surface area contributed by atoms with Gasteiger partial charge in [0.05, 0.1) is 0 Å². The quantitative estimate of drug-likeness (QED) is 0.883. The summed E-state index contributed by atoms with van der Waals surface area (Å²) in [4.78, 5) is 4.87. The molecule has 3 heteroatoms. The van der Waals surface area contributed by atoms with Gasteiger partial charge in [-0.3, -0.25) is 0 Å². The summed E-state index contributed by atoms with van der Waals surface area (Å²) < 4.78 is 0. The molecule has 3 nitrogen and oxygen atoms in total. The zero-order valence-corrected chi connectivity index (χ0v) is 11.8. The molecule has 0 bridgehead atoms. The number of nitrogens with two attached hydrogens (primary N) is 1. The first-order valence-corrected chi connectivity index (χ1v) is 6.76. The predicted molar refractivity (Wildman–Crippen MR) is 78.1 cm³/mol. The summed E-state index contributed by atoms with van der Waals surface area (Å²) in [6.07, 6.45) is 0.926. The maximum atomic E-state index is 6.16. The first-order chi connectivity index (χ1) is 8.46. The Kier molecular flexibility index (Phi) is 3.93. The number of hydrogen-bond donors (Lipinski definition) is 1. The number of piperazine rings is 1. The van der Waals surface area contributed by atoms with Crippen LogP contribution >= 0.6 is 0 Å². The average Bonchev–Trinajstić information content (AvgIpc) is 2.29. The van der Waals surface area contributed by atoms with Crippen molar-refractivity contribution in [3.8, 4) is 0 Å². The van der Waals surface area contributed by atoms with Crippen molar-refractivity contribution < 1.29 is 0 Å². The van der Waals surface area contributed by atoms with Gasteiger partial charge in [-0.15, -0.1) is 0 Å². The normalized spacial score (nSPS) is 18.1. The van der Waals surface area contributed by atoms with Crippen LogP contribution in [0.25, 0.3) is 0 Å². The molecule has 0 spiro atoms. The smallest absolute Gasteiger partial charge is 0.0400 e. The molecule has 0 aromatic heterocycles. The fourth-order valence-corrected chi connectivity index (χ4v) is 2.51. The molecule has 0 radical (unpaired) electrons. The lowest BCUT2D eigenvalue weighted by atomic mass is 9.94. The van der Waals surface area contributed by atoms with Gasteiger partial charge in [0.25, 0.3) is 0 Å². The number of hydrogen-bond acceptors (Lipinski definition) is 3. The molecular weight excluding hydrogens is 222 g/mol. The van der Waals surface area contributed by atoms with Crippen LogP contribution in [0.4, 0.5) is 5.69 Å². The second-order valence-electron chi connectivity index (χ2n) is 6.08. The van der Waals surface area contributed by atoms with E-state index >= 15 is 0 Å². The molecular formula is C15H25N3. The van der Waals surface area contributed by atoms with Gasteiger partial charge in [-0.25, -0.2) is 0 Å². The highest BCUT2D eigenvalue weighted by molar-refractivity contribution is 5.54. The average molecular weight is 247 g/mol. The summed E-state index contributed by atoms with van der Waals surface area (Å²) in [6, 6.07) is 8.68. The Labute approximate surface area is 111 Å². The third-order valence-electron chi connectivity index (χ3n) is 3.48.